The quantitative estimate of drug-likeness (QED) is 0.547. The summed E-state index contributed by atoms with van der Waals surface area (Å²) in [6, 6.07) is -0.943. The molecule has 0 fully saturated rings. The lowest BCUT2D eigenvalue weighted by atomic mass is 9.96. The third kappa shape index (κ3) is 7.27. The minimum absolute atomic E-state index is 0.0224. The number of hydrogen-bond donors (Lipinski definition) is 3. The van der Waals surface area contributed by atoms with E-state index in [-0.39, 0.29) is 18.4 Å². The maximum atomic E-state index is 11.6. The summed E-state index contributed by atoms with van der Waals surface area (Å²) in [4.78, 5) is 22.1. The van der Waals surface area contributed by atoms with Crippen LogP contribution in [0.2, 0.25) is 0 Å². The van der Waals surface area contributed by atoms with Crippen molar-refractivity contribution in [2.45, 2.75) is 65.0 Å². The maximum absolute atomic E-state index is 11.6. The Morgan fingerprint density at radius 2 is 1.89 bits per heavy atom. The number of carbonyl (C=O) groups excluding carboxylic acids is 1. The van der Waals surface area contributed by atoms with Crippen LogP contribution in [0.5, 0.6) is 0 Å². The molecule has 0 aliphatic rings. The van der Waals surface area contributed by atoms with Crippen LogP contribution in [-0.2, 0) is 9.59 Å². The lowest BCUT2D eigenvalue weighted by Gasteiger charge is -2.22. The van der Waals surface area contributed by atoms with Crippen molar-refractivity contribution in [3.63, 3.8) is 0 Å². The standard InChI is InChI=1S/C13H26N2O3/c1-4-5-6-7-9(2)10(3)15-13(18)11(14)8-12(16)17/h9-11H,4-8,14H2,1-3H3,(H,15,18)(H,16,17)/t9-,10-,11-/m0/s1. The molecular weight excluding hydrogens is 232 g/mol. The van der Waals surface area contributed by atoms with Gasteiger partial charge >= 0.3 is 5.97 Å². The number of carboxylic acids is 1. The monoisotopic (exact) mass is 258 g/mol. The van der Waals surface area contributed by atoms with Crippen molar-refractivity contribution in [3.8, 4) is 0 Å². The fourth-order valence-electron chi connectivity index (χ4n) is 1.72. The summed E-state index contributed by atoms with van der Waals surface area (Å²) < 4.78 is 0. The van der Waals surface area contributed by atoms with Gasteiger partial charge in [-0.2, -0.15) is 0 Å². The van der Waals surface area contributed by atoms with Crippen molar-refractivity contribution in [2.24, 2.45) is 11.7 Å². The average molecular weight is 258 g/mol. The van der Waals surface area contributed by atoms with Gasteiger partial charge < -0.3 is 16.2 Å². The molecule has 0 unspecified atom stereocenters. The molecule has 0 spiro atoms. The normalized spacial score (nSPS) is 15.8. The Bertz CT molecular complexity index is 269. The van der Waals surface area contributed by atoms with Gasteiger partial charge in [0.25, 0.3) is 0 Å². The van der Waals surface area contributed by atoms with E-state index >= 15 is 0 Å². The lowest BCUT2D eigenvalue weighted by molar-refractivity contribution is -0.139. The number of unbranched alkanes of at least 4 members (excludes halogenated alkanes) is 2. The van der Waals surface area contributed by atoms with E-state index in [0.717, 1.165) is 12.8 Å². The largest absolute Gasteiger partial charge is 0.481 e. The van der Waals surface area contributed by atoms with Crippen LogP contribution in [0.15, 0.2) is 0 Å². The fourth-order valence-corrected chi connectivity index (χ4v) is 1.72. The molecule has 3 atom stereocenters. The van der Waals surface area contributed by atoms with Gasteiger partial charge in [0.1, 0.15) is 0 Å². The fraction of sp³-hybridized carbons (Fsp3) is 0.846. The summed E-state index contributed by atoms with van der Waals surface area (Å²) in [5.74, 6) is -1.06. The lowest BCUT2D eigenvalue weighted by Crippen LogP contribution is -2.47. The second kappa shape index (κ2) is 8.91. The SMILES string of the molecule is CCCCC[C@H](C)[C@H](C)NC(=O)[C@@H](N)CC(=O)O. The molecule has 0 aliphatic heterocycles. The first-order valence-electron chi connectivity index (χ1n) is 6.66. The highest BCUT2D eigenvalue weighted by Crippen LogP contribution is 2.13. The second-order valence-corrected chi connectivity index (χ2v) is 4.97. The van der Waals surface area contributed by atoms with E-state index in [2.05, 4.69) is 19.2 Å². The van der Waals surface area contributed by atoms with Crippen LogP contribution in [-0.4, -0.2) is 29.1 Å². The predicted octanol–water partition coefficient (Wildman–Crippen LogP) is 1.51. The van der Waals surface area contributed by atoms with E-state index < -0.39 is 12.0 Å². The summed E-state index contributed by atoms with van der Waals surface area (Å²) in [6.45, 7) is 6.17. The molecule has 0 saturated carbocycles. The van der Waals surface area contributed by atoms with Crippen molar-refractivity contribution < 1.29 is 14.7 Å². The molecular formula is C13H26N2O3. The average Bonchev–Trinajstić information content (AvgIpc) is 2.28. The van der Waals surface area contributed by atoms with Crippen LogP contribution in [0.3, 0.4) is 0 Å². The highest BCUT2D eigenvalue weighted by molar-refractivity contribution is 5.86. The van der Waals surface area contributed by atoms with Crippen LogP contribution < -0.4 is 11.1 Å². The Labute approximate surface area is 109 Å². The van der Waals surface area contributed by atoms with Gasteiger partial charge in [0.2, 0.25) is 5.91 Å². The number of carbonyl (C=O) groups is 2. The van der Waals surface area contributed by atoms with Gasteiger partial charge in [-0.25, -0.2) is 0 Å². The molecule has 5 heteroatoms. The summed E-state index contributed by atoms with van der Waals surface area (Å²) in [7, 11) is 0. The zero-order chi connectivity index (χ0) is 14.1. The predicted molar refractivity (Wildman–Crippen MR) is 71.1 cm³/mol. The number of nitrogens with two attached hydrogens (primary N) is 1. The van der Waals surface area contributed by atoms with Crippen LogP contribution in [0, 0.1) is 5.92 Å². The molecule has 0 aromatic rings. The van der Waals surface area contributed by atoms with Crippen LogP contribution in [0.25, 0.3) is 0 Å². The van der Waals surface area contributed by atoms with E-state index in [1.54, 1.807) is 0 Å². The Morgan fingerprint density at radius 3 is 2.39 bits per heavy atom. The Hall–Kier alpha value is -1.10. The second-order valence-electron chi connectivity index (χ2n) is 4.97. The van der Waals surface area contributed by atoms with E-state index in [1.807, 2.05) is 6.92 Å². The van der Waals surface area contributed by atoms with Gasteiger partial charge in [0.15, 0.2) is 0 Å². The highest BCUT2D eigenvalue weighted by atomic mass is 16.4. The summed E-state index contributed by atoms with van der Waals surface area (Å²) in [6.07, 6.45) is 4.26. The highest BCUT2D eigenvalue weighted by Gasteiger charge is 2.20. The Kier molecular flexibility index (Phi) is 8.37. The van der Waals surface area contributed by atoms with Crippen LogP contribution in [0.1, 0.15) is 52.9 Å². The molecule has 0 radical (unpaired) electrons. The zero-order valence-electron chi connectivity index (χ0n) is 11.6. The first-order valence-corrected chi connectivity index (χ1v) is 6.66. The summed E-state index contributed by atoms with van der Waals surface area (Å²) in [5.41, 5.74) is 5.50. The molecule has 0 saturated heterocycles. The van der Waals surface area contributed by atoms with Gasteiger partial charge in [-0.15, -0.1) is 0 Å². The molecule has 106 valence electrons. The van der Waals surface area contributed by atoms with E-state index in [0.29, 0.717) is 5.92 Å². The number of rotatable bonds is 9. The van der Waals surface area contributed by atoms with Crippen molar-refractivity contribution in [2.75, 3.05) is 0 Å². The van der Waals surface area contributed by atoms with Crippen molar-refractivity contribution in [3.05, 3.63) is 0 Å². The van der Waals surface area contributed by atoms with Crippen LogP contribution in [0.4, 0.5) is 0 Å². The Morgan fingerprint density at radius 1 is 1.28 bits per heavy atom. The van der Waals surface area contributed by atoms with E-state index in [9.17, 15) is 9.59 Å². The number of hydrogen-bond acceptors (Lipinski definition) is 3. The number of carboxylic acid groups (broad SMARTS) is 1. The third-order valence-corrected chi connectivity index (χ3v) is 3.22. The van der Waals surface area contributed by atoms with Crippen LogP contribution >= 0.6 is 0 Å². The first-order chi connectivity index (χ1) is 8.38. The van der Waals surface area contributed by atoms with Gasteiger partial charge in [0, 0.05) is 6.04 Å². The maximum Gasteiger partial charge on any atom is 0.305 e. The molecule has 0 aromatic carbocycles. The molecule has 18 heavy (non-hydrogen) atoms. The minimum Gasteiger partial charge on any atom is -0.481 e. The van der Waals surface area contributed by atoms with Crippen molar-refractivity contribution in [1.82, 2.24) is 5.32 Å². The van der Waals surface area contributed by atoms with Gasteiger partial charge in [-0.3, -0.25) is 9.59 Å². The molecule has 0 rings (SSSR count). The third-order valence-electron chi connectivity index (χ3n) is 3.22. The Balaban J connectivity index is 4.01. The first kappa shape index (κ1) is 16.9. The topological polar surface area (TPSA) is 92.4 Å². The smallest absolute Gasteiger partial charge is 0.305 e. The molecule has 0 aliphatic carbocycles. The summed E-state index contributed by atoms with van der Waals surface area (Å²) in [5, 5.41) is 11.3. The molecule has 0 bridgehead atoms. The number of aliphatic carboxylic acids is 1. The van der Waals surface area contributed by atoms with Gasteiger partial charge in [-0.1, -0.05) is 33.1 Å². The minimum atomic E-state index is -1.05. The molecule has 0 heterocycles. The zero-order valence-corrected chi connectivity index (χ0v) is 11.6. The molecule has 4 N–H and O–H groups in total. The van der Waals surface area contributed by atoms with Gasteiger partial charge in [0.05, 0.1) is 12.5 Å². The van der Waals surface area contributed by atoms with Crippen molar-refractivity contribution in [1.29, 1.82) is 0 Å². The van der Waals surface area contributed by atoms with E-state index in [4.69, 9.17) is 10.8 Å². The van der Waals surface area contributed by atoms with E-state index in [1.165, 1.54) is 12.8 Å². The van der Waals surface area contributed by atoms with Crippen molar-refractivity contribution >= 4 is 11.9 Å². The van der Waals surface area contributed by atoms with Gasteiger partial charge in [-0.05, 0) is 19.3 Å². The molecule has 0 aromatic heterocycles. The number of amides is 1. The summed E-state index contributed by atoms with van der Waals surface area (Å²) >= 11 is 0. The molecule has 1 amide bonds. The number of nitrogens with one attached hydrogen (secondary N) is 1. The molecule has 5 nitrogen and oxygen atoms in total.